The number of hydrogen-bond donors (Lipinski definition) is 3. The van der Waals surface area contributed by atoms with Crippen LogP contribution in [0, 0.1) is 0 Å². The van der Waals surface area contributed by atoms with Crippen LogP contribution in [0.15, 0.2) is 34.2 Å². The van der Waals surface area contributed by atoms with Gasteiger partial charge in [0.1, 0.15) is 12.4 Å². The maximum atomic E-state index is 11.8. The third-order valence-electron chi connectivity index (χ3n) is 2.74. The topological polar surface area (TPSA) is 99.7 Å². The molecule has 0 unspecified atom stereocenters. The Labute approximate surface area is 117 Å². The molecule has 0 saturated carbocycles. The van der Waals surface area contributed by atoms with E-state index in [4.69, 9.17) is 0 Å². The zero-order chi connectivity index (χ0) is 14.6. The number of carbonyl (C=O) groups is 1. The number of hydrogen-bond acceptors (Lipinski definition) is 5. The standard InChI is InChI=1S/C12H16N4O3S/c1-13-6-7-14-11(17)8-15-12-9-4-2-3-5-10(9)20(18,19)16-12/h2-5,13H,6-8H2,1H3,(H,14,17)(H,15,16). The second-order valence-corrected chi connectivity index (χ2v) is 5.87. The predicted octanol–water partition coefficient (Wildman–Crippen LogP) is -0.939. The molecule has 1 amide bonds. The number of carbonyl (C=O) groups excluding carboxylic acids is 1. The molecule has 1 heterocycles. The quantitative estimate of drug-likeness (QED) is 0.611. The van der Waals surface area contributed by atoms with Crippen molar-refractivity contribution in [3.8, 4) is 0 Å². The number of likely N-dealkylation sites (N-methyl/N-ethyl adjacent to an activating group) is 1. The average Bonchev–Trinajstić information content (AvgIpc) is 2.69. The first-order valence-corrected chi connectivity index (χ1v) is 7.61. The Balaban J connectivity index is 2.08. The zero-order valence-electron chi connectivity index (χ0n) is 11.0. The monoisotopic (exact) mass is 296 g/mol. The minimum Gasteiger partial charge on any atom is -0.353 e. The molecule has 20 heavy (non-hydrogen) atoms. The van der Waals surface area contributed by atoms with Crippen molar-refractivity contribution in [3.63, 3.8) is 0 Å². The van der Waals surface area contributed by atoms with E-state index in [9.17, 15) is 13.2 Å². The van der Waals surface area contributed by atoms with Crippen LogP contribution in [-0.2, 0) is 14.8 Å². The molecule has 1 aliphatic rings. The van der Waals surface area contributed by atoms with Crippen molar-refractivity contribution in [2.75, 3.05) is 26.7 Å². The minimum atomic E-state index is -3.55. The molecule has 0 atom stereocenters. The number of amides is 1. The molecule has 2 rings (SSSR count). The van der Waals surface area contributed by atoms with Crippen molar-refractivity contribution in [1.82, 2.24) is 15.4 Å². The minimum absolute atomic E-state index is 0.115. The van der Waals surface area contributed by atoms with Crippen LogP contribution < -0.4 is 15.4 Å². The highest BCUT2D eigenvalue weighted by molar-refractivity contribution is 7.90. The highest BCUT2D eigenvalue weighted by Crippen LogP contribution is 2.21. The van der Waals surface area contributed by atoms with Crippen LogP contribution in [0.4, 0.5) is 0 Å². The lowest BCUT2D eigenvalue weighted by Gasteiger charge is -2.03. The Kier molecular flexibility index (Phi) is 4.35. The molecule has 0 aliphatic carbocycles. The fraction of sp³-hybridized carbons (Fsp3) is 0.333. The van der Waals surface area contributed by atoms with E-state index >= 15 is 0 Å². The molecule has 3 N–H and O–H groups in total. The maximum absolute atomic E-state index is 11.8. The summed E-state index contributed by atoms with van der Waals surface area (Å²) < 4.78 is 26.0. The summed E-state index contributed by atoms with van der Waals surface area (Å²) in [6.45, 7) is 1.05. The lowest BCUT2D eigenvalue weighted by molar-refractivity contribution is -0.119. The summed E-state index contributed by atoms with van der Waals surface area (Å²) in [4.78, 5) is 15.7. The van der Waals surface area contributed by atoms with Crippen molar-refractivity contribution >= 4 is 21.8 Å². The van der Waals surface area contributed by atoms with Gasteiger partial charge < -0.3 is 10.6 Å². The van der Waals surface area contributed by atoms with Crippen molar-refractivity contribution in [2.24, 2.45) is 4.99 Å². The summed E-state index contributed by atoms with van der Waals surface area (Å²) >= 11 is 0. The van der Waals surface area contributed by atoms with Crippen molar-refractivity contribution in [1.29, 1.82) is 0 Å². The number of rotatable bonds is 5. The number of sulfonamides is 1. The normalized spacial score (nSPS) is 17.6. The van der Waals surface area contributed by atoms with Gasteiger partial charge in [0.2, 0.25) is 5.91 Å². The van der Waals surface area contributed by atoms with Gasteiger partial charge in [-0.2, -0.15) is 0 Å². The Bertz CT molecular complexity index is 640. The van der Waals surface area contributed by atoms with Crippen LogP contribution in [0.25, 0.3) is 0 Å². The average molecular weight is 296 g/mol. The van der Waals surface area contributed by atoms with Crippen LogP contribution >= 0.6 is 0 Å². The van der Waals surface area contributed by atoms with Gasteiger partial charge in [0.25, 0.3) is 10.0 Å². The van der Waals surface area contributed by atoms with E-state index in [0.717, 1.165) is 0 Å². The summed E-state index contributed by atoms with van der Waals surface area (Å²) in [5.74, 6) is -0.0410. The first-order valence-electron chi connectivity index (χ1n) is 6.12. The molecule has 0 spiro atoms. The maximum Gasteiger partial charge on any atom is 0.263 e. The van der Waals surface area contributed by atoms with E-state index in [2.05, 4.69) is 20.3 Å². The van der Waals surface area contributed by atoms with Gasteiger partial charge in [-0.1, -0.05) is 12.1 Å². The van der Waals surface area contributed by atoms with Crippen molar-refractivity contribution in [2.45, 2.75) is 4.90 Å². The molecule has 8 heteroatoms. The Morgan fingerprint density at radius 2 is 2.05 bits per heavy atom. The summed E-state index contributed by atoms with van der Waals surface area (Å²) in [5, 5.41) is 5.57. The van der Waals surface area contributed by atoms with E-state index < -0.39 is 10.0 Å². The van der Waals surface area contributed by atoms with Crippen LogP contribution in [-0.4, -0.2) is 46.8 Å². The van der Waals surface area contributed by atoms with Crippen molar-refractivity contribution in [3.05, 3.63) is 29.8 Å². The number of nitrogens with one attached hydrogen (secondary N) is 3. The van der Waals surface area contributed by atoms with Gasteiger partial charge in [-0.15, -0.1) is 0 Å². The molecule has 1 aromatic carbocycles. The molecule has 0 fully saturated rings. The van der Waals surface area contributed by atoms with Gasteiger partial charge >= 0.3 is 0 Å². The second kappa shape index (κ2) is 6.02. The summed E-state index contributed by atoms with van der Waals surface area (Å²) in [6, 6.07) is 6.53. The van der Waals surface area contributed by atoms with Gasteiger partial charge in [-0.3, -0.25) is 14.5 Å². The van der Waals surface area contributed by atoms with Gasteiger partial charge in [0, 0.05) is 18.7 Å². The van der Waals surface area contributed by atoms with E-state index in [1.165, 1.54) is 6.07 Å². The highest BCUT2D eigenvalue weighted by Gasteiger charge is 2.30. The van der Waals surface area contributed by atoms with Crippen LogP contribution in [0.2, 0.25) is 0 Å². The van der Waals surface area contributed by atoms with Crippen molar-refractivity contribution < 1.29 is 13.2 Å². The second-order valence-electron chi connectivity index (χ2n) is 4.22. The molecule has 1 aromatic rings. The summed E-state index contributed by atoms with van der Waals surface area (Å²) in [6.07, 6.45) is 0. The molecule has 0 bridgehead atoms. The number of nitrogens with zero attached hydrogens (tertiary/aromatic N) is 1. The molecule has 1 aliphatic heterocycles. The van der Waals surface area contributed by atoms with E-state index in [-0.39, 0.29) is 23.2 Å². The fourth-order valence-corrected chi connectivity index (χ4v) is 3.04. The molecule has 7 nitrogen and oxygen atoms in total. The lowest BCUT2D eigenvalue weighted by Crippen LogP contribution is -2.32. The first-order chi connectivity index (χ1) is 9.54. The fourth-order valence-electron chi connectivity index (χ4n) is 1.78. The molecule has 0 aromatic heterocycles. The first kappa shape index (κ1) is 14.5. The Morgan fingerprint density at radius 3 is 2.80 bits per heavy atom. The zero-order valence-corrected chi connectivity index (χ0v) is 11.8. The molecule has 108 valence electrons. The SMILES string of the molecule is CNCCNC(=O)CN=C1NS(=O)(=O)c2ccccc21. The largest absolute Gasteiger partial charge is 0.353 e. The summed E-state index contributed by atoms with van der Waals surface area (Å²) in [7, 11) is -1.76. The third-order valence-corrected chi connectivity index (χ3v) is 4.14. The predicted molar refractivity (Wildman–Crippen MR) is 75.1 cm³/mol. The molecular formula is C12H16N4O3S. The van der Waals surface area contributed by atoms with Gasteiger partial charge in [-0.25, -0.2) is 8.42 Å². The number of benzene rings is 1. The Hall–Kier alpha value is -1.93. The van der Waals surface area contributed by atoms with Gasteiger partial charge in [0.05, 0.1) is 4.90 Å². The Morgan fingerprint density at radius 1 is 1.30 bits per heavy atom. The molecule has 0 saturated heterocycles. The van der Waals surface area contributed by atoms with E-state index in [1.807, 2.05) is 0 Å². The highest BCUT2D eigenvalue weighted by atomic mass is 32.2. The van der Waals surface area contributed by atoms with Crippen LogP contribution in [0.1, 0.15) is 5.56 Å². The van der Waals surface area contributed by atoms with E-state index in [1.54, 1.807) is 25.2 Å². The molecule has 0 radical (unpaired) electrons. The van der Waals surface area contributed by atoms with Gasteiger partial charge in [0.15, 0.2) is 0 Å². The van der Waals surface area contributed by atoms with Crippen LogP contribution in [0.5, 0.6) is 0 Å². The smallest absolute Gasteiger partial charge is 0.263 e. The number of amidine groups is 1. The third kappa shape index (κ3) is 3.14. The summed E-state index contributed by atoms with van der Waals surface area (Å²) in [5.41, 5.74) is 0.496. The van der Waals surface area contributed by atoms with Crippen LogP contribution in [0.3, 0.4) is 0 Å². The number of aliphatic imine (C=N–C) groups is 1. The van der Waals surface area contributed by atoms with E-state index in [0.29, 0.717) is 18.7 Å². The molecular weight excluding hydrogens is 280 g/mol. The number of fused-ring (bicyclic) bond motifs is 1. The van der Waals surface area contributed by atoms with Gasteiger partial charge in [-0.05, 0) is 19.2 Å². The lowest BCUT2D eigenvalue weighted by atomic mass is 10.2.